The van der Waals surface area contributed by atoms with Crippen LogP contribution in [0.1, 0.15) is 32.3 Å². The molecule has 1 aliphatic rings. The second-order valence-corrected chi connectivity index (χ2v) is 6.68. The molecule has 3 N–H and O–H groups in total. The van der Waals surface area contributed by atoms with E-state index < -0.39 is 6.10 Å². The third kappa shape index (κ3) is 7.32. The molecule has 0 bridgehead atoms. The van der Waals surface area contributed by atoms with Crippen molar-refractivity contribution in [3.05, 3.63) is 35.9 Å². The molecule has 2 rings (SSSR count). The number of hydrogen-bond donors (Lipinski definition) is 3. The molecule has 1 saturated heterocycles. The quantitative estimate of drug-likeness (QED) is 0.436. The number of aliphatic hydroxyl groups excluding tert-OH is 1. The van der Waals surface area contributed by atoms with Gasteiger partial charge in [0.2, 0.25) is 0 Å². The molecule has 0 spiro atoms. The van der Waals surface area contributed by atoms with Crippen LogP contribution >= 0.6 is 0 Å². The maximum absolute atomic E-state index is 10.1. The highest BCUT2D eigenvalue weighted by molar-refractivity contribution is 5.79. The Balaban J connectivity index is 1.70. The van der Waals surface area contributed by atoms with Crippen molar-refractivity contribution < 1.29 is 9.84 Å². The van der Waals surface area contributed by atoms with Crippen LogP contribution in [-0.4, -0.2) is 67.4 Å². The number of nitrogens with one attached hydrogen (secondary N) is 2. The lowest BCUT2D eigenvalue weighted by atomic mass is 10.2. The van der Waals surface area contributed by atoms with Crippen molar-refractivity contribution in [3.63, 3.8) is 0 Å². The number of likely N-dealkylation sites (tertiary alicyclic amines) is 1. The molecule has 2 atom stereocenters. The van der Waals surface area contributed by atoms with Crippen molar-refractivity contribution in [2.75, 3.05) is 39.3 Å². The van der Waals surface area contributed by atoms with Crippen molar-refractivity contribution >= 4 is 5.96 Å². The van der Waals surface area contributed by atoms with Crippen molar-refractivity contribution in [1.29, 1.82) is 0 Å². The van der Waals surface area contributed by atoms with Gasteiger partial charge in [-0.05, 0) is 38.4 Å². The Bertz CT molecular complexity index is 524. The van der Waals surface area contributed by atoms with Gasteiger partial charge in [-0.15, -0.1) is 0 Å². The topological polar surface area (TPSA) is 69.1 Å². The maximum atomic E-state index is 10.1. The predicted octanol–water partition coefficient (Wildman–Crippen LogP) is 1.60. The van der Waals surface area contributed by atoms with Gasteiger partial charge in [0.05, 0.1) is 25.9 Å². The second kappa shape index (κ2) is 11.9. The van der Waals surface area contributed by atoms with E-state index >= 15 is 0 Å². The van der Waals surface area contributed by atoms with E-state index in [-0.39, 0.29) is 6.61 Å². The first-order valence-electron chi connectivity index (χ1n) is 9.78. The zero-order chi connectivity index (χ0) is 18.6. The average molecular weight is 363 g/mol. The van der Waals surface area contributed by atoms with Crippen LogP contribution < -0.4 is 10.6 Å². The van der Waals surface area contributed by atoms with E-state index in [9.17, 15) is 5.11 Å². The fourth-order valence-corrected chi connectivity index (χ4v) is 3.24. The Kier molecular flexibility index (Phi) is 9.45. The van der Waals surface area contributed by atoms with E-state index in [1.54, 1.807) is 0 Å². The maximum Gasteiger partial charge on any atom is 0.191 e. The van der Waals surface area contributed by atoms with Crippen LogP contribution in [-0.2, 0) is 11.3 Å². The Labute approximate surface area is 157 Å². The highest BCUT2D eigenvalue weighted by Gasteiger charge is 2.22. The molecule has 146 valence electrons. The number of likely N-dealkylation sites (N-methyl/N-ethyl adjacent to an activating group) is 1. The third-order valence-corrected chi connectivity index (χ3v) is 4.64. The zero-order valence-electron chi connectivity index (χ0n) is 16.2. The van der Waals surface area contributed by atoms with Crippen LogP contribution in [0.2, 0.25) is 0 Å². The van der Waals surface area contributed by atoms with Gasteiger partial charge in [0, 0.05) is 19.1 Å². The lowest BCUT2D eigenvalue weighted by molar-refractivity contribution is 0.0331. The fraction of sp³-hybridized carbons (Fsp3) is 0.650. The SMILES string of the molecule is CCNC(=NCC(O)COCc1ccccc1)NCC1CCCN1CC. The van der Waals surface area contributed by atoms with Crippen LogP contribution in [0.15, 0.2) is 35.3 Å². The Morgan fingerprint density at radius 3 is 2.85 bits per heavy atom. The minimum Gasteiger partial charge on any atom is -0.389 e. The van der Waals surface area contributed by atoms with E-state index in [1.165, 1.54) is 19.4 Å². The molecule has 0 aromatic heterocycles. The van der Waals surface area contributed by atoms with Gasteiger partial charge in [0.15, 0.2) is 5.96 Å². The lowest BCUT2D eigenvalue weighted by Gasteiger charge is -2.24. The number of guanidine groups is 1. The predicted molar refractivity (Wildman–Crippen MR) is 106 cm³/mol. The molecular formula is C20H34N4O2. The summed E-state index contributed by atoms with van der Waals surface area (Å²) in [6, 6.07) is 10.5. The van der Waals surface area contributed by atoms with Crippen LogP contribution in [0.3, 0.4) is 0 Å². The lowest BCUT2D eigenvalue weighted by Crippen LogP contribution is -2.45. The number of aliphatic imine (C=N–C) groups is 1. The van der Waals surface area contributed by atoms with E-state index in [2.05, 4.69) is 27.4 Å². The number of hydrogen-bond acceptors (Lipinski definition) is 4. The standard InChI is InChI=1S/C20H34N4O2/c1-3-21-20(22-13-18-11-8-12-24(18)4-2)23-14-19(25)16-26-15-17-9-6-5-7-10-17/h5-7,9-10,18-19,25H,3-4,8,11-16H2,1-2H3,(H2,21,22,23). The highest BCUT2D eigenvalue weighted by atomic mass is 16.5. The van der Waals surface area contributed by atoms with Gasteiger partial charge in [-0.1, -0.05) is 37.3 Å². The van der Waals surface area contributed by atoms with Crippen molar-refractivity contribution in [1.82, 2.24) is 15.5 Å². The smallest absolute Gasteiger partial charge is 0.191 e. The van der Waals surface area contributed by atoms with Crippen LogP contribution in [0.25, 0.3) is 0 Å². The first-order valence-corrected chi connectivity index (χ1v) is 9.78. The van der Waals surface area contributed by atoms with Gasteiger partial charge < -0.3 is 20.5 Å². The minimum atomic E-state index is -0.604. The summed E-state index contributed by atoms with van der Waals surface area (Å²) in [6.45, 7) is 9.35. The van der Waals surface area contributed by atoms with Gasteiger partial charge in [0.25, 0.3) is 0 Å². The van der Waals surface area contributed by atoms with Crippen molar-refractivity contribution in [2.45, 2.75) is 45.4 Å². The summed E-state index contributed by atoms with van der Waals surface area (Å²) in [5.74, 6) is 0.762. The number of benzene rings is 1. The molecular weight excluding hydrogens is 328 g/mol. The molecule has 0 amide bonds. The average Bonchev–Trinajstić information content (AvgIpc) is 3.12. The van der Waals surface area contributed by atoms with Gasteiger partial charge in [-0.3, -0.25) is 9.89 Å². The molecule has 1 fully saturated rings. The Morgan fingerprint density at radius 2 is 2.12 bits per heavy atom. The van der Waals surface area contributed by atoms with Gasteiger partial charge in [-0.2, -0.15) is 0 Å². The summed E-state index contributed by atoms with van der Waals surface area (Å²) in [4.78, 5) is 7.00. The summed E-state index contributed by atoms with van der Waals surface area (Å²) in [6.07, 6.45) is 1.90. The van der Waals surface area contributed by atoms with Crippen LogP contribution in [0, 0.1) is 0 Å². The summed E-state index contributed by atoms with van der Waals surface area (Å²) < 4.78 is 5.58. The molecule has 0 radical (unpaired) electrons. The Hall–Kier alpha value is -1.63. The monoisotopic (exact) mass is 362 g/mol. The van der Waals surface area contributed by atoms with Crippen LogP contribution in [0.4, 0.5) is 0 Å². The molecule has 1 heterocycles. The van der Waals surface area contributed by atoms with Gasteiger partial charge >= 0.3 is 0 Å². The summed E-state index contributed by atoms with van der Waals surface area (Å²) >= 11 is 0. The minimum absolute atomic E-state index is 0.282. The van der Waals surface area contributed by atoms with Crippen LogP contribution in [0.5, 0.6) is 0 Å². The first-order chi connectivity index (χ1) is 12.7. The number of aliphatic hydroxyl groups is 1. The van der Waals surface area contributed by atoms with E-state index in [1.807, 2.05) is 37.3 Å². The molecule has 1 aliphatic heterocycles. The molecule has 0 saturated carbocycles. The van der Waals surface area contributed by atoms with Gasteiger partial charge in [0.1, 0.15) is 0 Å². The summed E-state index contributed by atoms with van der Waals surface area (Å²) in [5, 5.41) is 16.8. The molecule has 0 aliphatic carbocycles. The molecule has 1 aromatic carbocycles. The third-order valence-electron chi connectivity index (χ3n) is 4.64. The van der Waals surface area contributed by atoms with Crippen molar-refractivity contribution in [2.24, 2.45) is 4.99 Å². The van der Waals surface area contributed by atoms with E-state index in [0.29, 0.717) is 19.2 Å². The van der Waals surface area contributed by atoms with Crippen molar-refractivity contribution in [3.8, 4) is 0 Å². The normalized spacial score (nSPS) is 19.5. The molecule has 6 heteroatoms. The molecule has 2 unspecified atom stereocenters. The summed E-state index contributed by atoms with van der Waals surface area (Å²) in [7, 11) is 0. The Morgan fingerprint density at radius 1 is 1.31 bits per heavy atom. The first kappa shape index (κ1) is 20.7. The zero-order valence-corrected chi connectivity index (χ0v) is 16.2. The van der Waals surface area contributed by atoms with E-state index in [0.717, 1.165) is 31.2 Å². The molecule has 1 aromatic rings. The summed E-state index contributed by atoms with van der Waals surface area (Å²) in [5.41, 5.74) is 1.11. The molecule has 26 heavy (non-hydrogen) atoms. The number of nitrogens with zero attached hydrogens (tertiary/aromatic N) is 2. The largest absolute Gasteiger partial charge is 0.389 e. The highest BCUT2D eigenvalue weighted by Crippen LogP contribution is 2.15. The molecule has 6 nitrogen and oxygen atoms in total. The van der Waals surface area contributed by atoms with Gasteiger partial charge in [-0.25, -0.2) is 0 Å². The number of ether oxygens (including phenoxy) is 1. The number of rotatable bonds is 10. The fourth-order valence-electron chi connectivity index (χ4n) is 3.24. The second-order valence-electron chi connectivity index (χ2n) is 6.68. The van der Waals surface area contributed by atoms with E-state index in [4.69, 9.17) is 4.74 Å².